The Morgan fingerprint density at radius 3 is 2.55 bits per heavy atom. The fourth-order valence-corrected chi connectivity index (χ4v) is 4.01. The van der Waals surface area contributed by atoms with Crippen LogP contribution in [0.5, 0.6) is 0 Å². The monoisotopic (exact) mass is 446 g/mol. The molecule has 4 rings (SSSR count). The Kier molecular flexibility index (Phi) is 6.35. The maximum Gasteiger partial charge on any atom is 0.273 e. The van der Waals surface area contributed by atoms with Gasteiger partial charge in [-0.1, -0.05) is 24.2 Å². The Balaban J connectivity index is 1.47. The summed E-state index contributed by atoms with van der Waals surface area (Å²) in [6.07, 6.45) is 3.15. The third-order valence-electron chi connectivity index (χ3n) is 5.99. The van der Waals surface area contributed by atoms with Crippen molar-refractivity contribution < 1.29 is 18.9 Å². The number of nitrogens with zero attached hydrogens (tertiary/aromatic N) is 3. The highest BCUT2D eigenvalue weighted by Crippen LogP contribution is 2.25. The number of hydrogen-bond acceptors (Lipinski definition) is 6. The van der Waals surface area contributed by atoms with Crippen LogP contribution in [0.1, 0.15) is 73.2 Å². The van der Waals surface area contributed by atoms with Gasteiger partial charge in [0, 0.05) is 55.1 Å². The third kappa shape index (κ3) is 4.69. The summed E-state index contributed by atoms with van der Waals surface area (Å²) < 4.78 is 5.11. The van der Waals surface area contributed by atoms with Gasteiger partial charge in [0.05, 0.1) is 0 Å². The zero-order chi connectivity index (χ0) is 23.5. The second-order valence-electron chi connectivity index (χ2n) is 8.15. The van der Waals surface area contributed by atoms with Crippen LogP contribution in [0.15, 0.2) is 41.1 Å². The highest BCUT2D eigenvalue weighted by atomic mass is 16.5. The molecule has 0 saturated heterocycles. The average molecular weight is 447 g/mol. The Morgan fingerprint density at radius 2 is 1.88 bits per heavy atom. The molecule has 3 heterocycles. The number of carbonyl (C=O) groups excluding carboxylic acids is 3. The highest BCUT2D eigenvalue weighted by molar-refractivity contribution is 5.97. The van der Waals surface area contributed by atoms with Crippen LogP contribution >= 0.6 is 0 Å². The zero-order valence-corrected chi connectivity index (χ0v) is 19.0. The van der Waals surface area contributed by atoms with Crippen LogP contribution in [0.25, 0.3) is 0 Å². The van der Waals surface area contributed by atoms with Gasteiger partial charge in [-0.05, 0) is 49.1 Å². The second kappa shape index (κ2) is 9.36. The summed E-state index contributed by atoms with van der Waals surface area (Å²) in [5.74, 6) is 0.258. The Morgan fingerprint density at radius 1 is 1.15 bits per heavy atom. The first kappa shape index (κ1) is 22.4. The predicted molar refractivity (Wildman–Crippen MR) is 121 cm³/mol. The fraction of sp³-hybridized carbons (Fsp3) is 0.320. The molecule has 1 N–H and O–H groups in total. The van der Waals surface area contributed by atoms with E-state index in [-0.39, 0.29) is 23.3 Å². The van der Waals surface area contributed by atoms with Crippen molar-refractivity contribution in [3.63, 3.8) is 0 Å². The summed E-state index contributed by atoms with van der Waals surface area (Å²) in [5.41, 5.74) is 5.30. The number of nitrogens with one attached hydrogen (secondary N) is 1. The molecule has 0 saturated carbocycles. The number of pyridine rings is 1. The standard InChI is InChI=1S/C25H26N4O4/c1-4-20-11-23(28-33-20)24(31)27-13-22-15(2)26-12-19-14-29(10-9-21(19)22)25(32)18-7-5-17(6-8-18)16(3)30/h5-8,11-12H,4,9-10,13-14H2,1-3H3,(H,27,31). The molecule has 0 radical (unpaired) electrons. The minimum absolute atomic E-state index is 0.0312. The zero-order valence-electron chi connectivity index (χ0n) is 19.0. The molecule has 3 aromatic rings. The number of benzene rings is 1. The molecule has 0 unspecified atom stereocenters. The minimum Gasteiger partial charge on any atom is -0.361 e. The van der Waals surface area contributed by atoms with Gasteiger partial charge in [0.15, 0.2) is 11.5 Å². The van der Waals surface area contributed by atoms with Gasteiger partial charge in [-0.15, -0.1) is 0 Å². The summed E-state index contributed by atoms with van der Waals surface area (Å²) in [5, 5.41) is 6.73. The van der Waals surface area contributed by atoms with Gasteiger partial charge in [0.2, 0.25) is 0 Å². The molecular formula is C25H26N4O4. The molecule has 2 aromatic heterocycles. The number of aromatic nitrogens is 2. The largest absolute Gasteiger partial charge is 0.361 e. The van der Waals surface area contributed by atoms with E-state index in [9.17, 15) is 14.4 Å². The van der Waals surface area contributed by atoms with Gasteiger partial charge < -0.3 is 14.7 Å². The summed E-state index contributed by atoms with van der Waals surface area (Å²) >= 11 is 0. The quantitative estimate of drug-likeness (QED) is 0.583. The van der Waals surface area contributed by atoms with Crippen molar-refractivity contribution in [2.24, 2.45) is 0 Å². The lowest BCUT2D eigenvalue weighted by Crippen LogP contribution is -2.37. The number of aryl methyl sites for hydroxylation is 2. The second-order valence-corrected chi connectivity index (χ2v) is 8.15. The fourth-order valence-electron chi connectivity index (χ4n) is 4.01. The van der Waals surface area contributed by atoms with Crippen molar-refractivity contribution >= 4 is 17.6 Å². The molecule has 170 valence electrons. The topological polar surface area (TPSA) is 105 Å². The van der Waals surface area contributed by atoms with E-state index in [1.807, 2.05) is 13.8 Å². The first-order valence-electron chi connectivity index (χ1n) is 11.0. The van der Waals surface area contributed by atoms with E-state index in [0.717, 1.165) is 22.4 Å². The number of ketones is 1. The molecule has 0 atom stereocenters. The lowest BCUT2D eigenvalue weighted by Gasteiger charge is -2.30. The van der Waals surface area contributed by atoms with Crippen LogP contribution in [-0.4, -0.2) is 39.2 Å². The first-order valence-corrected chi connectivity index (χ1v) is 11.0. The SMILES string of the molecule is CCc1cc(C(=O)NCc2c(C)ncc3c2CCN(C(=O)c2ccc(C(C)=O)cc2)C3)no1. The molecule has 8 nitrogen and oxygen atoms in total. The van der Waals surface area contributed by atoms with Crippen molar-refractivity contribution in [2.75, 3.05) is 6.54 Å². The number of hydrogen-bond donors (Lipinski definition) is 1. The van der Waals surface area contributed by atoms with E-state index < -0.39 is 0 Å². The van der Waals surface area contributed by atoms with Gasteiger partial charge in [0.1, 0.15) is 5.76 Å². The Bertz CT molecular complexity index is 1210. The average Bonchev–Trinajstić information content (AvgIpc) is 3.32. The molecule has 8 heteroatoms. The molecular weight excluding hydrogens is 420 g/mol. The number of rotatable bonds is 6. The van der Waals surface area contributed by atoms with Crippen molar-refractivity contribution in [1.29, 1.82) is 0 Å². The van der Waals surface area contributed by atoms with Crippen LogP contribution < -0.4 is 5.32 Å². The molecule has 1 aliphatic rings. The van der Waals surface area contributed by atoms with Crippen molar-refractivity contribution in [3.05, 3.63) is 81.5 Å². The maximum absolute atomic E-state index is 13.0. The van der Waals surface area contributed by atoms with Crippen molar-refractivity contribution in [3.8, 4) is 0 Å². The molecule has 1 aromatic carbocycles. The van der Waals surface area contributed by atoms with Gasteiger partial charge >= 0.3 is 0 Å². The van der Waals surface area contributed by atoms with Gasteiger partial charge in [-0.2, -0.15) is 0 Å². The van der Waals surface area contributed by atoms with Crippen LogP contribution in [0.2, 0.25) is 0 Å². The maximum atomic E-state index is 13.0. The lowest BCUT2D eigenvalue weighted by molar-refractivity contribution is 0.0733. The van der Waals surface area contributed by atoms with Crippen molar-refractivity contribution in [2.45, 2.75) is 46.7 Å². The van der Waals surface area contributed by atoms with E-state index in [2.05, 4.69) is 15.5 Å². The molecule has 0 aliphatic carbocycles. The van der Waals surface area contributed by atoms with Crippen LogP contribution in [0.4, 0.5) is 0 Å². The number of fused-ring (bicyclic) bond motifs is 1. The summed E-state index contributed by atoms with van der Waals surface area (Å²) in [6.45, 7) is 6.69. The lowest BCUT2D eigenvalue weighted by atomic mass is 9.94. The molecule has 0 spiro atoms. The van der Waals surface area contributed by atoms with E-state index in [1.165, 1.54) is 6.92 Å². The summed E-state index contributed by atoms with van der Waals surface area (Å²) in [6, 6.07) is 8.38. The van der Waals surface area contributed by atoms with E-state index in [4.69, 9.17) is 4.52 Å². The van der Waals surface area contributed by atoms with Crippen molar-refractivity contribution in [1.82, 2.24) is 20.4 Å². The van der Waals surface area contributed by atoms with Crippen LogP contribution in [0, 0.1) is 6.92 Å². The third-order valence-corrected chi connectivity index (χ3v) is 5.99. The van der Waals surface area contributed by atoms with Gasteiger partial charge in [0.25, 0.3) is 11.8 Å². The molecule has 33 heavy (non-hydrogen) atoms. The van der Waals surface area contributed by atoms with Crippen LogP contribution in [-0.2, 0) is 25.9 Å². The van der Waals surface area contributed by atoms with Crippen LogP contribution in [0.3, 0.4) is 0 Å². The molecule has 1 aliphatic heterocycles. The number of carbonyl (C=O) groups is 3. The highest BCUT2D eigenvalue weighted by Gasteiger charge is 2.25. The molecule has 0 bridgehead atoms. The smallest absolute Gasteiger partial charge is 0.273 e. The van der Waals surface area contributed by atoms with Gasteiger partial charge in [-0.25, -0.2) is 0 Å². The first-order chi connectivity index (χ1) is 15.9. The van der Waals surface area contributed by atoms with E-state index >= 15 is 0 Å². The Labute approximate surface area is 192 Å². The van der Waals surface area contributed by atoms with Gasteiger partial charge in [-0.3, -0.25) is 19.4 Å². The normalized spacial score (nSPS) is 12.9. The molecule has 0 fully saturated rings. The minimum atomic E-state index is -0.294. The summed E-state index contributed by atoms with van der Waals surface area (Å²) in [7, 11) is 0. The summed E-state index contributed by atoms with van der Waals surface area (Å²) in [4.78, 5) is 43.2. The Hall–Kier alpha value is -3.81. The number of Topliss-reactive ketones (excluding diaryl/α,β-unsaturated/α-hetero) is 1. The van der Waals surface area contributed by atoms with E-state index in [0.29, 0.717) is 49.4 Å². The molecule has 2 amide bonds. The number of amides is 2. The van der Waals surface area contributed by atoms with E-state index in [1.54, 1.807) is 41.4 Å². The predicted octanol–water partition coefficient (Wildman–Crippen LogP) is 3.27.